The fraction of sp³-hybridized carbons (Fsp3) is 0.588. The Morgan fingerprint density at radius 1 is 1.17 bits per heavy atom. The molecule has 1 fully saturated rings. The van der Waals surface area contributed by atoms with Crippen molar-refractivity contribution in [3.8, 4) is 17.2 Å². The number of hydrogen-bond donors (Lipinski definition) is 1. The number of benzene rings is 1. The summed E-state index contributed by atoms with van der Waals surface area (Å²) >= 11 is 0. The van der Waals surface area contributed by atoms with Crippen LogP contribution in [0.4, 0.5) is 0 Å². The minimum absolute atomic E-state index is 0.0619. The van der Waals surface area contributed by atoms with Gasteiger partial charge < -0.3 is 24.8 Å². The van der Waals surface area contributed by atoms with Gasteiger partial charge in [-0.3, -0.25) is 4.79 Å². The van der Waals surface area contributed by atoms with Crippen molar-refractivity contribution in [2.75, 3.05) is 34.4 Å². The predicted molar refractivity (Wildman–Crippen MR) is 88.4 cm³/mol. The van der Waals surface area contributed by atoms with Gasteiger partial charge in [0.15, 0.2) is 11.5 Å². The Kier molecular flexibility index (Phi) is 5.71. The summed E-state index contributed by atoms with van der Waals surface area (Å²) in [5, 5.41) is 0. The third-order valence-electron chi connectivity index (χ3n) is 4.42. The van der Waals surface area contributed by atoms with Crippen molar-refractivity contribution in [3.63, 3.8) is 0 Å². The van der Waals surface area contributed by atoms with E-state index in [1.54, 1.807) is 33.5 Å². The molecule has 2 atom stereocenters. The molecule has 0 aromatic heterocycles. The Morgan fingerprint density at radius 3 is 2.35 bits per heavy atom. The van der Waals surface area contributed by atoms with Gasteiger partial charge in [0.2, 0.25) is 0 Å². The number of piperidine rings is 1. The van der Waals surface area contributed by atoms with Gasteiger partial charge in [-0.15, -0.1) is 0 Å². The second-order valence-electron chi connectivity index (χ2n) is 5.92. The highest BCUT2D eigenvalue weighted by molar-refractivity contribution is 5.98. The molecule has 1 heterocycles. The van der Waals surface area contributed by atoms with Gasteiger partial charge in [0, 0.05) is 31.3 Å². The Labute approximate surface area is 137 Å². The van der Waals surface area contributed by atoms with Gasteiger partial charge in [-0.05, 0) is 25.7 Å². The lowest BCUT2D eigenvalue weighted by atomic mass is 9.92. The number of carbonyl (C=O) groups excluding carboxylic acids is 1. The van der Waals surface area contributed by atoms with Gasteiger partial charge in [0.1, 0.15) is 5.75 Å². The van der Waals surface area contributed by atoms with Crippen LogP contribution < -0.4 is 19.9 Å². The Bertz CT molecular complexity index is 560. The molecule has 23 heavy (non-hydrogen) atoms. The van der Waals surface area contributed by atoms with Gasteiger partial charge in [-0.25, -0.2) is 0 Å². The molecule has 1 aromatic carbocycles. The van der Waals surface area contributed by atoms with E-state index in [4.69, 9.17) is 19.9 Å². The minimum atomic E-state index is -0.0619. The number of hydrogen-bond acceptors (Lipinski definition) is 5. The molecule has 6 nitrogen and oxygen atoms in total. The first kappa shape index (κ1) is 17.4. The first-order valence-corrected chi connectivity index (χ1v) is 7.86. The normalized spacial score (nSPS) is 19.2. The second-order valence-corrected chi connectivity index (χ2v) is 5.92. The molecule has 2 N–H and O–H groups in total. The van der Waals surface area contributed by atoms with Crippen LogP contribution in [0, 0.1) is 5.92 Å². The SMILES string of the molecule is COc1cc(OC)c(C(=O)N2CCCC(C(C)N)C2)cc1OC. The van der Waals surface area contributed by atoms with Crippen LogP contribution in [0.2, 0.25) is 0 Å². The summed E-state index contributed by atoms with van der Waals surface area (Å²) in [7, 11) is 4.64. The molecule has 0 aliphatic carbocycles. The largest absolute Gasteiger partial charge is 0.496 e. The van der Waals surface area contributed by atoms with E-state index < -0.39 is 0 Å². The van der Waals surface area contributed by atoms with Crippen LogP contribution in [-0.4, -0.2) is 51.3 Å². The molecule has 2 rings (SSSR count). The third-order valence-corrected chi connectivity index (χ3v) is 4.42. The van der Waals surface area contributed by atoms with Crippen LogP contribution in [-0.2, 0) is 0 Å². The van der Waals surface area contributed by atoms with Crippen molar-refractivity contribution < 1.29 is 19.0 Å². The summed E-state index contributed by atoms with van der Waals surface area (Å²) in [5.74, 6) is 1.80. The molecular weight excluding hydrogens is 296 g/mol. The summed E-state index contributed by atoms with van der Waals surface area (Å²) in [6.07, 6.45) is 2.03. The summed E-state index contributed by atoms with van der Waals surface area (Å²) < 4.78 is 15.9. The number of carbonyl (C=O) groups is 1. The van der Waals surface area contributed by atoms with Crippen LogP contribution in [0.25, 0.3) is 0 Å². The fourth-order valence-corrected chi connectivity index (χ4v) is 2.99. The maximum Gasteiger partial charge on any atom is 0.257 e. The summed E-state index contributed by atoms with van der Waals surface area (Å²) in [5.41, 5.74) is 6.49. The average Bonchev–Trinajstić information content (AvgIpc) is 2.59. The molecule has 0 bridgehead atoms. The van der Waals surface area contributed by atoms with Gasteiger partial charge >= 0.3 is 0 Å². The fourth-order valence-electron chi connectivity index (χ4n) is 2.99. The van der Waals surface area contributed by atoms with Crippen molar-refractivity contribution in [3.05, 3.63) is 17.7 Å². The zero-order valence-corrected chi connectivity index (χ0v) is 14.3. The summed E-state index contributed by atoms with van der Waals surface area (Å²) in [4.78, 5) is 14.8. The van der Waals surface area contributed by atoms with E-state index in [1.807, 2.05) is 11.8 Å². The summed E-state index contributed by atoms with van der Waals surface area (Å²) in [6.45, 7) is 3.41. The van der Waals surface area contributed by atoms with Crippen molar-refractivity contribution in [2.45, 2.75) is 25.8 Å². The van der Waals surface area contributed by atoms with Crippen molar-refractivity contribution >= 4 is 5.91 Å². The minimum Gasteiger partial charge on any atom is -0.496 e. The number of amides is 1. The number of nitrogens with two attached hydrogens (primary N) is 1. The van der Waals surface area contributed by atoms with Crippen LogP contribution in [0.1, 0.15) is 30.1 Å². The number of rotatable bonds is 5. The van der Waals surface area contributed by atoms with Crippen LogP contribution in [0.15, 0.2) is 12.1 Å². The molecule has 1 amide bonds. The van der Waals surface area contributed by atoms with E-state index in [2.05, 4.69) is 0 Å². The lowest BCUT2D eigenvalue weighted by molar-refractivity contribution is 0.0657. The molecule has 1 aliphatic heterocycles. The van der Waals surface area contributed by atoms with E-state index >= 15 is 0 Å². The molecule has 0 saturated carbocycles. The predicted octanol–water partition coefficient (Wildman–Crippen LogP) is 1.91. The molecule has 1 aliphatic rings. The Balaban J connectivity index is 2.30. The van der Waals surface area contributed by atoms with Crippen LogP contribution in [0.3, 0.4) is 0 Å². The Morgan fingerprint density at radius 2 is 1.78 bits per heavy atom. The molecule has 6 heteroatoms. The highest BCUT2D eigenvalue weighted by atomic mass is 16.5. The standard InChI is InChI=1S/C17H26N2O4/c1-11(18)12-6-5-7-19(10-12)17(20)13-8-15(22-3)16(23-4)9-14(13)21-2/h8-9,11-12H,5-7,10,18H2,1-4H3. The number of nitrogens with zero attached hydrogens (tertiary/aromatic N) is 1. The number of methoxy groups -OCH3 is 3. The topological polar surface area (TPSA) is 74.0 Å². The summed E-state index contributed by atoms with van der Waals surface area (Å²) in [6, 6.07) is 3.44. The zero-order chi connectivity index (χ0) is 17.0. The van der Waals surface area contributed by atoms with Gasteiger partial charge in [0.05, 0.1) is 26.9 Å². The van der Waals surface area contributed by atoms with Crippen LogP contribution >= 0.6 is 0 Å². The van der Waals surface area contributed by atoms with Crippen LogP contribution in [0.5, 0.6) is 17.2 Å². The molecule has 1 aromatic rings. The second kappa shape index (κ2) is 7.55. The lowest BCUT2D eigenvalue weighted by Gasteiger charge is -2.35. The molecule has 1 saturated heterocycles. The first-order chi connectivity index (χ1) is 11.0. The number of ether oxygens (including phenoxy) is 3. The van der Waals surface area contributed by atoms with E-state index in [0.717, 1.165) is 19.4 Å². The molecule has 128 valence electrons. The van der Waals surface area contributed by atoms with E-state index in [-0.39, 0.29) is 11.9 Å². The lowest BCUT2D eigenvalue weighted by Crippen LogP contribution is -2.45. The smallest absolute Gasteiger partial charge is 0.257 e. The van der Waals surface area contributed by atoms with E-state index in [9.17, 15) is 4.79 Å². The zero-order valence-electron chi connectivity index (χ0n) is 14.3. The van der Waals surface area contributed by atoms with E-state index in [0.29, 0.717) is 35.3 Å². The van der Waals surface area contributed by atoms with Gasteiger partial charge in [-0.2, -0.15) is 0 Å². The van der Waals surface area contributed by atoms with Gasteiger partial charge in [0.25, 0.3) is 5.91 Å². The first-order valence-electron chi connectivity index (χ1n) is 7.86. The maximum atomic E-state index is 12.9. The molecule has 0 radical (unpaired) electrons. The molecular formula is C17H26N2O4. The number of likely N-dealkylation sites (tertiary alicyclic amines) is 1. The highest BCUT2D eigenvalue weighted by Crippen LogP contribution is 2.35. The highest BCUT2D eigenvalue weighted by Gasteiger charge is 2.28. The van der Waals surface area contributed by atoms with E-state index in [1.165, 1.54) is 0 Å². The van der Waals surface area contributed by atoms with Crippen molar-refractivity contribution in [2.24, 2.45) is 11.7 Å². The quantitative estimate of drug-likeness (QED) is 0.896. The average molecular weight is 322 g/mol. The third kappa shape index (κ3) is 3.69. The molecule has 0 spiro atoms. The van der Waals surface area contributed by atoms with Crippen molar-refractivity contribution in [1.29, 1.82) is 0 Å². The maximum absolute atomic E-state index is 12.9. The molecule has 2 unspecified atom stereocenters. The Hall–Kier alpha value is -1.95. The van der Waals surface area contributed by atoms with Gasteiger partial charge in [-0.1, -0.05) is 0 Å². The van der Waals surface area contributed by atoms with Crippen molar-refractivity contribution in [1.82, 2.24) is 4.90 Å². The monoisotopic (exact) mass is 322 g/mol.